The Morgan fingerprint density at radius 2 is 2.07 bits per heavy atom. The summed E-state index contributed by atoms with van der Waals surface area (Å²) in [7, 11) is 1.57. The van der Waals surface area contributed by atoms with Crippen LogP contribution in [0.15, 0.2) is 41.0 Å². The molecule has 3 rings (SSSR count). The molecule has 1 aliphatic carbocycles. The molecule has 1 aliphatic heterocycles. The van der Waals surface area contributed by atoms with E-state index >= 15 is 0 Å². The molecule has 0 amide bonds. The molecule has 27 heavy (non-hydrogen) atoms. The van der Waals surface area contributed by atoms with Gasteiger partial charge in [-0.25, -0.2) is 0 Å². The van der Waals surface area contributed by atoms with Gasteiger partial charge in [-0.15, -0.1) is 0 Å². The molecule has 0 saturated carbocycles. The fraction of sp³-hybridized carbons (Fsp3) is 0.429. The van der Waals surface area contributed by atoms with Crippen LogP contribution in [0.5, 0.6) is 11.5 Å². The lowest BCUT2D eigenvalue weighted by molar-refractivity contribution is -0.119. The van der Waals surface area contributed by atoms with Gasteiger partial charge in [0.25, 0.3) is 0 Å². The second-order valence-electron chi connectivity index (χ2n) is 7.55. The number of ketones is 1. The Balaban J connectivity index is 2.17. The number of allylic oxidation sites excluding steroid dienone is 3. The van der Waals surface area contributed by atoms with E-state index in [-0.39, 0.29) is 22.7 Å². The van der Waals surface area contributed by atoms with Gasteiger partial charge in [0.2, 0.25) is 5.88 Å². The lowest BCUT2D eigenvalue weighted by Crippen LogP contribution is -2.33. The zero-order chi connectivity index (χ0) is 19.8. The maximum Gasteiger partial charge on any atom is 0.205 e. The Morgan fingerprint density at radius 1 is 1.33 bits per heavy atom. The van der Waals surface area contributed by atoms with Crippen LogP contribution in [0, 0.1) is 16.7 Å². The number of Topliss-reactive ketones (excluding diaryl/α,β-unsaturated/α-hetero) is 1. The summed E-state index contributed by atoms with van der Waals surface area (Å²) in [6.07, 6.45) is 0.997. The number of benzene rings is 1. The lowest BCUT2D eigenvalue weighted by Gasteiger charge is -2.37. The van der Waals surface area contributed by atoms with Crippen molar-refractivity contribution in [2.75, 3.05) is 13.7 Å². The summed E-state index contributed by atoms with van der Waals surface area (Å²) in [4.78, 5) is 13.0. The molecule has 1 atom stereocenters. The summed E-state index contributed by atoms with van der Waals surface area (Å²) in [6, 6.07) is 7.54. The smallest absolute Gasteiger partial charge is 0.205 e. The molecule has 2 aliphatic rings. The van der Waals surface area contributed by atoms with E-state index in [1.807, 2.05) is 26.8 Å². The largest absolute Gasteiger partial charge is 0.493 e. The zero-order valence-corrected chi connectivity index (χ0v) is 16.1. The van der Waals surface area contributed by atoms with Gasteiger partial charge in [0.15, 0.2) is 17.3 Å². The van der Waals surface area contributed by atoms with E-state index in [4.69, 9.17) is 19.9 Å². The third-order valence-electron chi connectivity index (χ3n) is 4.90. The van der Waals surface area contributed by atoms with Crippen LogP contribution in [0.1, 0.15) is 45.1 Å². The number of hydrogen-bond donors (Lipinski definition) is 1. The van der Waals surface area contributed by atoms with Crippen molar-refractivity contribution in [1.82, 2.24) is 0 Å². The van der Waals surface area contributed by atoms with Gasteiger partial charge in [0, 0.05) is 18.4 Å². The van der Waals surface area contributed by atoms with E-state index in [0.29, 0.717) is 42.3 Å². The standard InChI is InChI=1S/C21H24N2O4/c1-5-26-16-8-12(6-7-15(16)25-4)18-13(11-22)20(23)27-17-10-21(2,3)9-14(24)19(17)18/h6-8,18H,5,9-10,23H2,1-4H3/t18-/m0/s1. The van der Waals surface area contributed by atoms with Gasteiger partial charge in [-0.3, -0.25) is 4.79 Å². The lowest BCUT2D eigenvalue weighted by atomic mass is 9.70. The first-order chi connectivity index (χ1) is 12.8. The molecular weight excluding hydrogens is 344 g/mol. The quantitative estimate of drug-likeness (QED) is 0.873. The van der Waals surface area contributed by atoms with E-state index in [1.54, 1.807) is 19.2 Å². The van der Waals surface area contributed by atoms with Gasteiger partial charge in [-0.2, -0.15) is 5.26 Å². The summed E-state index contributed by atoms with van der Waals surface area (Å²) in [6.45, 7) is 6.39. The average molecular weight is 368 g/mol. The number of ether oxygens (including phenoxy) is 3. The van der Waals surface area contributed by atoms with Crippen molar-refractivity contribution in [1.29, 1.82) is 5.26 Å². The summed E-state index contributed by atoms with van der Waals surface area (Å²) in [5.74, 6) is 1.19. The molecule has 1 aromatic carbocycles. The minimum Gasteiger partial charge on any atom is -0.493 e. The highest BCUT2D eigenvalue weighted by atomic mass is 16.5. The van der Waals surface area contributed by atoms with E-state index in [0.717, 1.165) is 5.56 Å². The predicted molar refractivity (Wildman–Crippen MR) is 99.9 cm³/mol. The van der Waals surface area contributed by atoms with E-state index < -0.39 is 5.92 Å². The summed E-state index contributed by atoms with van der Waals surface area (Å²) < 4.78 is 16.7. The zero-order valence-electron chi connectivity index (χ0n) is 16.1. The minimum absolute atomic E-state index is 0.0136. The first-order valence-corrected chi connectivity index (χ1v) is 8.96. The van der Waals surface area contributed by atoms with Crippen molar-refractivity contribution in [3.05, 3.63) is 46.6 Å². The fourth-order valence-corrected chi connectivity index (χ4v) is 3.76. The highest BCUT2D eigenvalue weighted by Gasteiger charge is 2.43. The van der Waals surface area contributed by atoms with Crippen LogP contribution in [0.2, 0.25) is 0 Å². The summed E-state index contributed by atoms with van der Waals surface area (Å²) in [5, 5.41) is 9.69. The Hall–Kier alpha value is -2.94. The second kappa shape index (κ2) is 6.99. The Bertz CT molecular complexity index is 890. The van der Waals surface area contributed by atoms with Crippen molar-refractivity contribution in [3.63, 3.8) is 0 Å². The molecule has 0 saturated heterocycles. The molecule has 1 heterocycles. The SMILES string of the molecule is CCOc1cc([C@H]2C(C#N)=C(N)OC3=C2C(=O)CC(C)(C)C3)ccc1OC. The van der Waals surface area contributed by atoms with E-state index in [2.05, 4.69) is 6.07 Å². The monoisotopic (exact) mass is 368 g/mol. The Kier molecular flexibility index (Phi) is 4.88. The normalized spacial score (nSPS) is 21.3. The number of hydrogen-bond acceptors (Lipinski definition) is 6. The third-order valence-corrected chi connectivity index (χ3v) is 4.90. The van der Waals surface area contributed by atoms with Crippen molar-refractivity contribution in [2.45, 2.75) is 39.5 Å². The molecule has 2 N–H and O–H groups in total. The van der Waals surface area contributed by atoms with Crippen LogP contribution in [-0.2, 0) is 9.53 Å². The Labute approximate surface area is 159 Å². The van der Waals surface area contributed by atoms with Crippen molar-refractivity contribution >= 4 is 5.78 Å². The van der Waals surface area contributed by atoms with Gasteiger partial charge in [-0.05, 0) is 30.0 Å². The van der Waals surface area contributed by atoms with Crippen molar-refractivity contribution in [2.24, 2.45) is 11.1 Å². The molecule has 6 heteroatoms. The van der Waals surface area contributed by atoms with E-state index in [9.17, 15) is 10.1 Å². The maximum absolute atomic E-state index is 13.0. The van der Waals surface area contributed by atoms with Crippen molar-refractivity contribution < 1.29 is 19.0 Å². The predicted octanol–water partition coefficient (Wildman–Crippen LogP) is 3.54. The molecule has 6 nitrogen and oxygen atoms in total. The molecule has 0 fully saturated rings. The number of nitrogens with zero attached hydrogens (tertiary/aromatic N) is 1. The van der Waals surface area contributed by atoms with Gasteiger partial charge < -0.3 is 19.9 Å². The van der Waals surface area contributed by atoms with Crippen LogP contribution >= 0.6 is 0 Å². The molecule has 0 bridgehead atoms. The summed E-state index contributed by atoms with van der Waals surface area (Å²) >= 11 is 0. The van der Waals surface area contributed by atoms with Crippen LogP contribution in [-0.4, -0.2) is 19.5 Å². The summed E-state index contributed by atoms with van der Waals surface area (Å²) in [5.41, 5.74) is 7.36. The van der Waals surface area contributed by atoms with Gasteiger partial charge in [-0.1, -0.05) is 19.9 Å². The Morgan fingerprint density at radius 3 is 2.70 bits per heavy atom. The van der Waals surface area contributed by atoms with Gasteiger partial charge in [0.05, 0.1) is 19.6 Å². The first kappa shape index (κ1) is 18.8. The molecular formula is C21H24N2O4. The molecule has 0 spiro atoms. The minimum atomic E-state index is -0.563. The molecule has 0 unspecified atom stereocenters. The molecule has 142 valence electrons. The topological polar surface area (TPSA) is 94.6 Å². The number of carbonyl (C=O) groups is 1. The second-order valence-corrected chi connectivity index (χ2v) is 7.55. The van der Waals surface area contributed by atoms with Crippen LogP contribution in [0.25, 0.3) is 0 Å². The fourth-order valence-electron chi connectivity index (χ4n) is 3.76. The molecule has 1 aromatic rings. The number of carbonyl (C=O) groups excluding carboxylic acids is 1. The maximum atomic E-state index is 13.0. The average Bonchev–Trinajstić information content (AvgIpc) is 2.59. The molecule has 0 radical (unpaired) electrons. The van der Waals surface area contributed by atoms with Crippen LogP contribution in [0.3, 0.4) is 0 Å². The van der Waals surface area contributed by atoms with Crippen LogP contribution < -0.4 is 15.2 Å². The first-order valence-electron chi connectivity index (χ1n) is 8.96. The number of nitrogens with two attached hydrogens (primary N) is 1. The highest BCUT2D eigenvalue weighted by molar-refractivity contribution is 6.00. The van der Waals surface area contributed by atoms with Crippen molar-refractivity contribution in [3.8, 4) is 17.6 Å². The number of methoxy groups -OCH3 is 1. The number of nitriles is 1. The van der Waals surface area contributed by atoms with Gasteiger partial charge in [0.1, 0.15) is 17.4 Å². The van der Waals surface area contributed by atoms with Crippen LogP contribution in [0.4, 0.5) is 0 Å². The number of rotatable bonds is 4. The third kappa shape index (κ3) is 3.37. The molecule has 0 aromatic heterocycles. The van der Waals surface area contributed by atoms with E-state index in [1.165, 1.54) is 0 Å². The van der Waals surface area contributed by atoms with Gasteiger partial charge >= 0.3 is 0 Å². The highest BCUT2D eigenvalue weighted by Crippen LogP contribution is 2.48.